The van der Waals surface area contributed by atoms with Gasteiger partial charge in [0.2, 0.25) is 5.91 Å². The SMILES string of the molecule is CCC(C)NC(=O)C(C)N(CC(=O)O)c1ccc(C)cc1. The number of amides is 1. The van der Waals surface area contributed by atoms with Crippen molar-refractivity contribution in [1.82, 2.24) is 5.32 Å². The van der Waals surface area contributed by atoms with Crippen LogP contribution in [0.4, 0.5) is 5.69 Å². The van der Waals surface area contributed by atoms with E-state index >= 15 is 0 Å². The molecule has 0 heterocycles. The molecule has 1 aromatic carbocycles. The van der Waals surface area contributed by atoms with E-state index in [1.54, 1.807) is 11.8 Å². The van der Waals surface area contributed by atoms with Crippen molar-refractivity contribution in [3.05, 3.63) is 29.8 Å². The van der Waals surface area contributed by atoms with Crippen molar-refractivity contribution in [1.29, 1.82) is 0 Å². The van der Waals surface area contributed by atoms with E-state index in [0.29, 0.717) is 0 Å². The number of anilines is 1. The summed E-state index contributed by atoms with van der Waals surface area (Å²) in [5, 5.41) is 12.0. The van der Waals surface area contributed by atoms with Crippen LogP contribution in [-0.2, 0) is 9.59 Å². The fourth-order valence-electron chi connectivity index (χ4n) is 1.94. The molecule has 2 N–H and O–H groups in total. The minimum Gasteiger partial charge on any atom is -0.480 e. The average molecular weight is 292 g/mol. The monoisotopic (exact) mass is 292 g/mol. The Balaban J connectivity index is 2.93. The van der Waals surface area contributed by atoms with Crippen LogP contribution in [0.2, 0.25) is 0 Å². The molecule has 0 saturated heterocycles. The van der Waals surface area contributed by atoms with Crippen molar-refractivity contribution in [3.63, 3.8) is 0 Å². The maximum Gasteiger partial charge on any atom is 0.323 e. The zero-order valence-corrected chi connectivity index (χ0v) is 13.1. The van der Waals surface area contributed by atoms with E-state index in [0.717, 1.165) is 17.7 Å². The molecular formula is C16H24N2O3. The van der Waals surface area contributed by atoms with Crippen molar-refractivity contribution >= 4 is 17.6 Å². The molecule has 0 fully saturated rings. The number of hydrogen-bond donors (Lipinski definition) is 2. The predicted octanol–water partition coefficient (Wildman–Crippen LogP) is 2.19. The van der Waals surface area contributed by atoms with E-state index in [4.69, 9.17) is 5.11 Å². The van der Waals surface area contributed by atoms with Crippen LogP contribution in [0.1, 0.15) is 32.8 Å². The summed E-state index contributed by atoms with van der Waals surface area (Å²) in [6.45, 7) is 7.39. The highest BCUT2D eigenvalue weighted by Crippen LogP contribution is 2.18. The lowest BCUT2D eigenvalue weighted by Crippen LogP contribution is -2.49. The van der Waals surface area contributed by atoms with Gasteiger partial charge in [0.25, 0.3) is 0 Å². The van der Waals surface area contributed by atoms with E-state index in [1.165, 1.54) is 0 Å². The molecule has 0 saturated carbocycles. The summed E-state index contributed by atoms with van der Waals surface area (Å²) in [5.41, 5.74) is 1.82. The molecule has 5 nitrogen and oxygen atoms in total. The molecule has 0 spiro atoms. The second-order valence-corrected chi connectivity index (χ2v) is 5.35. The Labute approximate surface area is 126 Å². The molecule has 0 radical (unpaired) electrons. The number of hydrogen-bond acceptors (Lipinski definition) is 3. The van der Waals surface area contributed by atoms with Gasteiger partial charge in [0, 0.05) is 11.7 Å². The van der Waals surface area contributed by atoms with E-state index in [2.05, 4.69) is 5.32 Å². The Morgan fingerprint density at radius 1 is 1.24 bits per heavy atom. The first kappa shape index (κ1) is 17.0. The molecule has 5 heteroatoms. The Kier molecular flexibility index (Phi) is 6.21. The third kappa shape index (κ3) is 5.10. The number of carbonyl (C=O) groups excluding carboxylic acids is 1. The van der Waals surface area contributed by atoms with Gasteiger partial charge in [0.1, 0.15) is 12.6 Å². The Morgan fingerprint density at radius 3 is 2.29 bits per heavy atom. The zero-order chi connectivity index (χ0) is 16.0. The van der Waals surface area contributed by atoms with E-state index in [9.17, 15) is 9.59 Å². The molecule has 0 aliphatic carbocycles. The highest BCUT2D eigenvalue weighted by atomic mass is 16.4. The van der Waals surface area contributed by atoms with Crippen LogP contribution in [0, 0.1) is 6.92 Å². The molecule has 2 atom stereocenters. The zero-order valence-electron chi connectivity index (χ0n) is 13.1. The van der Waals surface area contributed by atoms with Crippen LogP contribution in [0.25, 0.3) is 0 Å². The van der Waals surface area contributed by atoms with Crippen molar-refractivity contribution in [2.24, 2.45) is 0 Å². The second kappa shape index (κ2) is 7.67. The highest BCUT2D eigenvalue weighted by molar-refractivity contribution is 5.87. The van der Waals surface area contributed by atoms with Crippen molar-refractivity contribution < 1.29 is 14.7 Å². The van der Waals surface area contributed by atoms with Gasteiger partial charge < -0.3 is 15.3 Å². The van der Waals surface area contributed by atoms with Gasteiger partial charge in [-0.15, -0.1) is 0 Å². The van der Waals surface area contributed by atoms with Crippen LogP contribution in [-0.4, -0.2) is 35.6 Å². The lowest BCUT2D eigenvalue weighted by atomic mass is 10.1. The number of nitrogens with one attached hydrogen (secondary N) is 1. The van der Waals surface area contributed by atoms with Crippen molar-refractivity contribution in [3.8, 4) is 0 Å². The molecule has 116 valence electrons. The number of benzene rings is 1. The normalized spacial score (nSPS) is 13.3. The number of rotatable bonds is 7. The summed E-state index contributed by atoms with van der Waals surface area (Å²) < 4.78 is 0. The van der Waals surface area contributed by atoms with Gasteiger partial charge in [-0.2, -0.15) is 0 Å². The quantitative estimate of drug-likeness (QED) is 0.808. The number of nitrogens with zero attached hydrogens (tertiary/aromatic N) is 1. The minimum absolute atomic E-state index is 0.0737. The fraction of sp³-hybridized carbons (Fsp3) is 0.500. The maximum atomic E-state index is 12.2. The second-order valence-electron chi connectivity index (χ2n) is 5.35. The van der Waals surface area contributed by atoms with E-state index < -0.39 is 12.0 Å². The first-order chi connectivity index (χ1) is 9.85. The van der Waals surface area contributed by atoms with E-state index in [-0.39, 0.29) is 18.5 Å². The molecule has 0 aliphatic heterocycles. The Bertz CT molecular complexity index is 485. The molecule has 0 aromatic heterocycles. The summed E-state index contributed by atoms with van der Waals surface area (Å²) >= 11 is 0. The molecule has 0 aliphatic rings. The number of aryl methyl sites for hydroxylation is 1. The lowest BCUT2D eigenvalue weighted by Gasteiger charge is -2.30. The van der Waals surface area contributed by atoms with Crippen LogP contribution in [0.5, 0.6) is 0 Å². The lowest BCUT2D eigenvalue weighted by molar-refractivity contribution is -0.135. The van der Waals surface area contributed by atoms with Gasteiger partial charge in [-0.25, -0.2) is 0 Å². The topological polar surface area (TPSA) is 69.6 Å². The van der Waals surface area contributed by atoms with Crippen LogP contribution in [0.3, 0.4) is 0 Å². The summed E-state index contributed by atoms with van der Waals surface area (Å²) in [5.74, 6) is -1.12. The average Bonchev–Trinajstić information content (AvgIpc) is 2.44. The van der Waals surface area contributed by atoms with Crippen LogP contribution in [0.15, 0.2) is 24.3 Å². The van der Waals surface area contributed by atoms with E-state index in [1.807, 2.05) is 45.0 Å². The van der Waals surface area contributed by atoms with Crippen molar-refractivity contribution in [2.75, 3.05) is 11.4 Å². The first-order valence-electron chi connectivity index (χ1n) is 7.20. The van der Waals surface area contributed by atoms with Gasteiger partial charge in [0.05, 0.1) is 0 Å². The van der Waals surface area contributed by atoms with Crippen molar-refractivity contribution in [2.45, 2.75) is 46.2 Å². The third-order valence-corrected chi connectivity index (χ3v) is 3.52. The summed E-state index contributed by atoms with van der Waals surface area (Å²) in [4.78, 5) is 24.9. The smallest absolute Gasteiger partial charge is 0.323 e. The van der Waals surface area contributed by atoms with Crippen LogP contribution >= 0.6 is 0 Å². The number of carboxylic acid groups (broad SMARTS) is 1. The first-order valence-corrected chi connectivity index (χ1v) is 7.20. The molecule has 0 bridgehead atoms. The van der Waals surface area contributed by atoms with Gasteiger partial charge in [-0.1, -0.05) is 24.6 Å². The number of carbonyl (C=O) groups is 2. The molecule has 1 rings (SSSR count). The maximum absolute atomic E-state index is 12.2. The fourth-order valence-corrected chi connectivity index (χ4v) is 1.94. The highest BCUT2D eigenvalue weighted by Gasteiger charge is 2.24. The molecule has 21 heavy (non-hydrogen) atoms. The molecular weight excluding hydrogens is 268 g/mol. The minimum atomic E-state index is -0.959. The number of aliphatic carboxylic acids is 1. The van der Waals surface area contributed by atoms with Gasteiger partial charge in [-0.05, 0) is 39.3 Å². The Hall–Kier alpha value is -2.04. The number of carboxylic acids is 1. The molecule has 2 unspecified atom stereocenters. The predicted molar refractivity (Wildman–Crippen MR) is 83.5 cm³/mol. The Morgan fingerprint density at radius 2 is 1.81 bits per heavy atom. The van der Waals surface area contributed by atoms with Gasteiger partial charge in [-0.3, -0.25) is 9.59 Å². The molecule has 1 amide bonds. The van der Waals surface area contributed by atoms with Gasteiger partial charge in [0.15, 0.2) is 0 Å². The summed E-state index contributed by atoms with van der Waals surface area (Å²) in [6, 6.07) is 7.02. The van der Waals surface area contributed by atoms with Gasteiger partial charge >= 0.3 is 5.97 Å². The summed E-state index contributed by atoms with van der Waals surface area (Å²) in [7, 11) is 0. The third-order valence-electron chi connectivity index (χ3n) is 3.52. The largest absolute Gasteiger partial charge is 0.480 e. The van der Waals surface area contributed by atoms with Crippen LogP contribution < -0.4 is 10.2 Å². The molecule has 1 aromatic rings. The standard InChI is InChI=1S/C16H24N2O3/c1-5-12(3)17-16(21)13(4)18(10-15(19)20)14-8-6-11(2)7-9-14/h6-9,12-13H,5,10H2,1-4H3,(H,17,21)(H,19,20). The summed E-state index contributed by atoms with van der Waals surface area (Å²) in [6.07, 6.45) is 0.835.